The molecule has 0 saturated heterocycles. The van der Waals surface area contributed by atoms with Crippen molar-refractivity contribution in [3.63, 3.8) is 0 Å². The maximum atomic E-state index is 2.43. The summed E-state index contributed by atoms with van der Waals surface area (Å²) in [5.74, 6) is 0. The van der Waals surface area contributed by atoms with E-state index in [1.165, 1.54) is 132 Å². The maximum absolute atomic E-state index is 2.43. The van der Waals surface area contributed by atoms with Crippen molar-refractivity contribution in [3.05, 3.63) is 60.2 Å². The van der Waals surface area contributed by atoms with Crippen LogP contribution in [-0.4, -0.2) is 0 Å². The zero-order valence-electron chi connectivity index (χ0n) is 20.4. The Labute approximate surface area is 193 Å². The number of allylic oxidation sites excluding steroid dienone is 2. The minimum Gasteiger partial charge on any atom is -0.0885 e. The van der Waals surface area contributed by atoms with Crippen molar-refractivity contribution in [2.24, 2.45) is 0 Å². The average molecular weight is 421 g/mol. The molecule has 0 aromatic heterocycles. The van der Waals surface area contributed by atoms with Crippen molar-refractivity contribution in [1.82, 2.24) is 0 Å². The second-order valence-corrected chi connectivity index (χ2v) is 9.39. The Kier molecular flexibility index (Phi) is 15.0. The predicted molar refractivity (Wildman–Crippen MR) is 141 cm³/mol. The smallest absolute Gasteiger partial charge is 0.0152 e. The van der Waals surface area contributed by atoms with E-state index in [1.54, 1.807) is 0 Å². The third-order valence-electron chi connectivity index (χ3n) is 6.59. The van der Waals surface area contributed by atoms with Crippen LogP contribution in [0.2, 0.25) is 0 Å². The van der Waals surface area contributed by atoms with E-state index in [2.05, 4.69) is 61.5 Å². The zero-order valence-corrected chi connectivity index (χ0v) is 20.4. The lowest BCUT2D eigenvalue weighted by Gasteiger charge is -2.06. The summed E-state index contributed by atoms with van der Waals surface area (Å²) in [6.45, 7) is 2.30. The van der Waals surface area contributed by atoms with Gasteiger partial charge in [-0.15, -0.1) is 0 Å². The van der Waals surface area contributed by atoms with Crippen LogP contribution in [0.15, 0.2) is 54.6 Å². The van der Waals surface area contributed by atoms with Gasteiger partial charge in [-0.3, -0.25) is 0 Å². The minimum atomic E-state index is 1.21. The van der Waals surface area contributed by atoms with E-state index in [9.17, 15) is 0 Å². The molecule has 0 aliphatic rings. The lowest BCUT2D eigenvalue weighted by atomic mass is 9.99. The number of unbranched alkanes of at least 4 members (excludes halogenated alkanes) is 15. The van der Waals surface area contributed by atoms with Gasteiger partial charge in [0.1, 0.15) is 0 Å². The summed E-state index contributed by atoms with van der Waals surface area (Å²) in [6, 6.07) is 15.5. The molecule has 2 aromatic carbocycles. The fraction of sp³-hybridized carbons (Fsp3) is 0.613. The van der Waals surface area contributed by atoms with Crippen LogP contribution < -0.4 is 0 Å². The topological polar surface area (TPSA) is 0 Å². The molecule has 0 heteroatoms. The molecular formula is C31H48. The van der Waals surface area contributed by atoms with Gasteiger partial charge in [-0.1, -0.05) is 139 Å². The molecule has 0 spiro atoms. The van der Waals surface area contributed by atoms with Crippen LogP contribution in [0, 0.1) is 0 Å². The number of hydrogen-bond donors (Lipinski definition) is 0. The Balaban J connectivity index is 1.35. The molecule has 0 amide bonds. The van der Waals surface area contributed by atoms with E-state index in [0.29, 0.717) is 0 Å². The van der Waals surface area contributed by atoms with Crippen LogP contribution in [-0.2, 0) is 6.42 Å². The second-order valence-electron chi connectivity index (χ2n) is 9.39. The van der Waals surface area contributed by atoms with Crippen LogP contribution in [0.4, 0.5) is 0 Å². The molecule has 172 valence electrons. The Morgan fingerprint density at radius 1 is 0.516 bits per heavy atom. The van der Waals surface area contributed by atoms with Gasteiger partial charge in [0.2, 0.25) is 0 Å². The van der Waals surface area contributed by atoms with Gasteiger partial charge in [0, 0.05) is 0 Å². The Morgan fingerprint density at radius 2 is 1.03 bits per heavy atom. The van der Waals surface area contributed by atoms with Gasteiger partial charge in [0.25, 0.3) is 0 Å². The molecule has 0 bridgehead atoms. The molecule has 0 fully saturated rings. The molecule has 31 heavy (non-hydrogen) atoms. The molecule has 0 N–H and O–H groups in total. The van der Waals surface area contributed by atoms with Crippen LogP contribution in [0.5, 0.6) is 0 Å². The zero-order chi connectivity index (χ0) is 21.8. The highest BCUT2D eigenvalue weighted by molar-refractivity contribution is 5.85. The van der Waals surface area contributed by atoms with E-state index in [-0.39, 0.29) is 0 Å². The highest BCUT2D eigenvalue weighted by atomic mass is 14.0. The molecule has 0 saturated carbocycles. The van der Waals surface area contributed by atoms with Gasteiger partial charge in [-0.25, -0.2) is 0 Å². The molecule has 0 aliphatic heterocycles. The Bertz CT molecular complexity index is 691. The van der Waals surface area contributed by atoms with Crippen molar-refractivity contribution in [3.8, 4) is 0 Å². The average Bonchev–Trinajstić information content (AvgIpc) is 2.80. The van der Waals surface area contributed by atoms with Gasteiger partial charge >= 0.3 is 0 Å². The number of aryl methyl sites for hydroxylation is 1. The summed E-state index contributed by atoms with van der Waals surface area (Å²) in [5.41, 5.74) is 1.51. The summed E-state index contributed by atoms with van der Waals surface area (Å²) < 4.78 is 0. The molecule has 2 aromatic rings. The highest BCUT2D eigenvalue weighted by Crippen LogP contribution is 2.20. The fourth-order valence-electron chi connectivity index (χ4n) is 4.60. The molecule has 0 heterocycles. The largest absolute Gasteiger partial charge is 0.0885 e. The number of fused-ring (bicyclic) bond motifs is 1. The van der Waals surface area contributed by atoms with Crippen molar-refractivity contribution in [1.29, 1.82) is 0 Å². The predicted octanol–water partition coefficient (Wildman–Crippen LogP) is 10.6. The van der Waals surface area contributed by atoms with Gasteiger partial charge in [0.15, 0.2) is 0 Å². The van der Waals surface area contributed by atoms with Crippen molar-refractivity contribution in [2.45, 2.75) is 122 Å². The number of rotatable bonds is 19. The van der Waals surface area contributed by atoms with Crippen molar-refractivity contribution in [2.75, 3.05) is 0 Å². The standard InChI is InChI=1S/C31H48/c1-2-3-4-5-6-7-8-9-10-11-12-13-14-15-16-17-18-19-20-24-29-26-23-27-30-25-21-22-28-31(29)30/h15-16,21-23,25-28H,2-14,17-20,24H2,1H3/b16-15+. The molecule has 2 rings (SSSR count). The summed E-state index contributed by atoms with van der Waals surface area (Å²) in [6.07, 6.45) is 29.9. The normalized spacial score (nSPS) is 11.6. The van der Waals surface area contributed by atoms with Gasteiger partial charge < -0.3 is 0 Å². The summed E-state index contributed by atoms with van der Waals surface area (Å²) in [7, 11) is 0. The molecule has 0 atom stereocenters. The lowest BCUT2D eigenvalue weighted by molar-refractivity contribution is 0.545. The molecule has 0 unspecified atom stereocenters. The summed E-state index contributed by atoms with van der Waals surface area (Å²) in [4.78, 5) is 0. The summed E-state index contributed by atoms with van der Waals surface area (Å²) >= 11 is 0. The fourth-order valence-corrected chi connectivity index (χ4v) is 4.60. The molecule has 0 nitrogen and oxygen atoms in total. The van der Waals surface area contributed by atoms with Crippen LogP contribution in [0.3, 0.4) is 0 Å². The maximum Gasteiger partial charge on any atom is -0.0152 e. The van der Waals surface area contributed by atoms with Crippen molar-refractivity contribution < 1.29 is 0 Å². The second kappa shape index (κ2) is 18.1. The van der Waals surface area contributed by atoms with Gasteiger partial charge in [-0.05, 0) is 54.9 Å². The third kappa shape index (κ3) is 12.2. The van der Waals surface area contributed by atoms with E-state index in [1.807, 2.05) is 0 Å². The molecular weight excluding hydrogens is 372 g/mol. The first-order valence-electron chi connectivity index (χ1n) is 13.5. The molecule has 0 radical (unpaired) electrons. The highest BCUT2D eigenvalue weighted by Gasteiger charge is 2.00. The Morgan fingerprint density at radius 3 is 1.68 bits per heavy atom. The Hall–Kier alpha value is -1.56. The minimum absolute atomic E-state index is 1.21. The van der Waals surface area contributed by atoms with Gasteiger partial charge in [-0.2, -0.15) is 0 Å². The first-order chi connectivity index (χ1) is 15.4. The van der Waals surface area contributed by atoms with E-state index >= 15 is 0 Å². The SMILES string of the molecule is CCCCCCCCCCCCCC/C=C/CCCCCc1cccc2ccccc12. The van der Waals surface area contributed by atoms with Crippen LogP contribution in [0.25, 0.3) is 10.8 Å². The first-order valence-corrected chi connectivity index (χ1v) is 13.5. The van der Waals surface area contributed by atoms with Crippen molar-refractivity contribution >= 4 is 10.8 Å². The van der Waals surface area contributed by atoms with E-state index in [0.717, 1.165) is 0 Å². The summed E-state index contributed by atoms with van der Waals surface area (Å²) in [5, 5.41) is 2.81. The van der Waals surface area contributed by atoms with E-state index in [4.69, 9.17) is 0 Å². The number of hydrogen-bond acceptors (Lipinski definition) is 0. The van der Waals surface area contributed by atoms with E-state index < -0.39 is 0 Å². The lowest BCUT2D eigenvalue weighted by Crippen LogP contribution is -1.88. The van der Waals surface area contributed by atoms with Crippen LogP contribution >= 0.6 is 0 Å². The quantitative estimate of drug-likeness (QED) is 0.156. The van der Waals surface area contributed by atoms with Gasteiger partial charge in [0.05, 0.1) is 0 Å². The van der Waals surface area contributed by atoms with Crippen LogP contribution in [0.1, 0.15) is 122 Å². The third-order valence-corrected chi connectivity index (χ3v) is 6.59. The molecule has 0 aliphatic carbocycles. The monoisotopic (exact) mass is 420 g/mol. The number of benzene rings is 2. The first kappa shape index (κ1) is 25.7.